The van der Waals surface area contributed by atoms with Gasteiger partial charge in [-0.05, 0) is 48.6 Å². The van der Waals surface area contributed by atoms with Gasteiger partial charge in [0.25, 0.3) is 0 Å². The highest BCUT2D eigenvalue weighted by atomic mass is 32.2. The molecule has 0 aliphatic heterocycles. The van der Waals surface area contributed by atoms with Crippen molar-refractivity contribution in [2.24, 2.45) is 0 Å². The first-order valence-corrected chi connectivity index (χ1v) is 8.94. The lowest BCUT2D eigenvalue weighted by Gasteiger charge is -1.99. The van der Waals surface area contributed by atoms with E-state index in [2.05, 4.69) is 9.84 Å². The van der Waals surface area contributed by atoms with Gasteiger partial charge in [0.2, 0.25) is 5.76 Å². The Morgan fingerprint density at radius 2 is 2.12 bits per heavy atom. The first kappa shape index (κ1) is 16.9. The molecule has 0 fully saturated rings. The van der Waals surface area contributed by atoms with Crippen LogP contribution in [0.5, 0.6) is 0 Å². The molecule has 0 bridgehead atoms. The van der Waals surface area contributed by atoms with Crippen molar-refractivity contribution in [3.05, 3.63) is 57.7 Å². The van der Waals surface area contributed by atoms with E-state index in [0.717, 1.165) is 4.34 Å². The zero-order valence-corrected chi connectivity index (χ0v) is 14.8. The molecule has 0 aliphatic rings. The molecule has 0 N–H and O–H groups in total. The predicted molar refractivity (Wildman–Crippen MR) is 91.8 cm³/mol. The minimum Gasteiger partial charge on any atom is -0.463 e. The van der Waals surface area contributed by atoms with E-state index < -0.39 is 5.97 Å². The second kappa shape index (κ2) is 7.29. The predicted octanol–water partition coefficient (Wildman–Crippen LogP) is 4.47. The number of aromatic nitrogens is 2. The zero-order chi connectivity index (χ0) is 17.1. The lowest BCUT2D eigenvalue weighted by Crippen LogP contribution is -1.98. The Balaban J connectivity index is 1.71. The number of thioether (sulfide) groups is 1. The van der Waals surface area contributed by atoms with Crippen LogP contribution in [0.3, 0.4) is 0 Å². The Hall–Kier alpha value is -1.97. The van der Waals surface area contributed by atoms with Gasteiger partial charge in [0.15, 0.2) is 8.29 Å². The van der Waals surface area contributed by atoms with Gasteiger partial charge in [-0.2, -0.15) is 0 Å². The van der Waals surface area contributed by atoms with Crippen molar-refractivity contribution >= 4 is 41.3 Å². The summed E-state index contributed by atoms with van der Waals surface area (Å²) in [6.07, 6.45) is 0. The van der Waals surface area contributed by atoms with Crippen molar-refractivity contribution in [1.82, 2.24) is 9.78 Å². The van der Waals surface area contributed by atoms with E-state index in [0.29, 0.717) is 21.2 Å². The van der Waals surface area contributed by atoms with Gasteiger partial charge >= 0.3 is 5.97 Å². The Bertz CT molecular complexity index is 915. The van der Waals surface area contributed by atoms with Crippen LogP contribution in [-0.2, 0) is 10.5 Å². The minimum absolute atomic E-state index is 0.164. The van der Waals surface area contributed by atoms with Gasteiger partial charge in [0.05, 0.1) is 18.6 Å². The highest BCUT2D eigenvalue weighted by Crippen LogP contribution is 2.28. The first-order chi connectivity index (χ1) is 11.6. The molecule has 2 heterocycles. The maximum atomic E-state index is 13.0. The number of ether oxygens (including phenoxy) is 1. The second-order valence-corrected chi connectivity index (χ2v) is 7.41. The molecule has 5 nitrogen and oxygen atoms in total. The fourth-order valence-electron chi connectivity index (χ4n) is 1.86. The minimum atomic E-state index is -0.512. The molecule has 0 aliphatic carbocycles. The largest absolute Gasteiger partial charge is 0.463 e. The number of rotatable bonds is 5. The summed E-state index contributed by atoms with van der Waals surface area (Å²) < 4.78 is 25.9. The fourth-order valence-corrected chi connectivity index (χ4v) is 4.12. The van der Waals surface area contributed by atoms with Gasteiger partial charge in [-0.3, -0.25) is 0 Å². The summed E-state index contributed by atoms with van der Waals surface area (Å²) in [4.78, 5) is 11.4. The van der Waals surface area contributed by atoms with E-state index in [1.165, 1.54) is 42.3 Å². The smallest absolute Gasteiger partial charge is 0.373 e. The molecule has 0 spiro atoms. The van der Waals surface area contributed by atoms with Crippen LogP contribution in [0, 0.1) is 9.77 Å². The van der Waals surface area contributed by atoms with Crippen molar-refractivity contribution in [2.75, 3.05) is 7.11 Å². The number of methoxy groups -OCH3 is 1. The summed E-state index contributed by atoms with van der Waals surface area (Å²) >= 11 is 8.09. The third-order valence-corrected chi connectivity index (χ3v) is 5.37. The lowest BCUT2D eigenvalue weighted by atomic mass is 10.3. The molecule has 124 valence electrons. The van der Waals surface area contributed by atoms with E-state index in [4.69, 9.17) is 16.6 Å². The van der Waals surface area contributed by atoms with Crippen LogP contribution in [0.1, 0.15) is 16.3 Å². The topological polar surface area (TPSA) is 57.3 Å². The van der Waals surface area contributed by atoms with Gasteiger partial charge in [-0.1, -0.05) is 23.1 Å². The standard InChI is InChI=1S/C15H11FN2O3S3/c1-20-13(19)12-7-6-11(21-12)8-23-14-17-18(15(22)24-14)10-4-2-9(16)3-5-10/h2-7H,8H2,1H3. The normalized spacial score (nSPS) is 10.8. The van der Waals surface area contributed by atoms with Crippen LogP contribution in [0.15, 0.2) is 45.2 Å². The number of hydrogen-bond acceptors (Lipinski definition) is 7. The molecule has 0 radical (unpaired) electrons. The van der Waals surface area contributed by atoms with E-state index in [-0.39, 0.29) is 11.6 Å². The average molecular weight is 382 g/mol. The number of esters is 1. The molecule has 0 saturated heterocycles. The fraction of sp³-hybridized carbons (Fsp3) is 0.133. The van der Waals surface area contributed by atoms with E-state index in [1.54, 1.807) is 28.9 Å². The number of benzene rings is 1. The van der Waals surface area contributed by atoms with Crippen LogP contribution in [0.4, 0.5) is 4.39 Å². The van der Waals surface area contributed by atoms with Gasteiger partial charge in [0.1, 0.15) is 11.6 Å². The third-order valence-electron chi connectivity index (χ3n) is 2.99. The van der Waals surface area contributed by atoms with E-state index in [9.17, 15) is 9.18 Å². The van der Waals surface area contributed by atoms with Crippen molar-refractivity contribution in [3.63, 3.8) is 0 Å². The van der Waals surface area contributed by atoms with Crippen LogP contribution >= 0.6 is 35.3 Å². The third kappa shape index (κ3) is 3.74. The molecule has 24 heavy (non-hydrogen) atoms. The summed E-state index contributed by atoms with van der Waals surface area (Å²) in [6.45, 7) is 0. The summed E-state index contributed by atoms with van der Waals surface area (Å²) in [5, 5.41) is 4.42. The first-order valence-electron chi connectivity index (χ1n) is 6.73. The number of carbonyl (C=O) groups is 1. The van der Waals surface area contributed by atoms with Crippen molar-refractivity contribution in [1.29, 1.82) is 0 Å². The summed E-state index contributed by atoms with van der Waals surface area (Å²) in [5.74, 6) is 0.479. The van der Waals surface area contributed by atoms with Crippen molar-refractivity contribution < 1.29 is 18.3 Å². The number of halogens is 1. The molecular formula is C15H11FN2O3S3. The highest BCUT2D eigenvalue weighted by molar-refractivity contribution is 8.00. The van der Waals surface area contributed by atoms with Crippen LogP contribution in [0.25, 0.3) is 5.69 Å². The summed E-state index contributed by atoms with van der Waals surface area (Å²) in [5.41, 5.74) is 0.704. The Kier molecular flexibility index (Phi) is 5.12. The summed E-state index contributed by atoms with van der Waals surface area (Å²) in [6, 6.07) is 9.25. The van der Waals surface area contributed by atoms with Crippen LogP contribution in [0.2, 0.25) is 0 Å². The SMILES string of the molecule is COC(=O)c1ccc(CSc2nn(-c3ccc(F)cc3)c(=S)s2)o1. The van der Waals surface area contributed by atoms with E-state index >= 15 is 0 Å². The maximum Gasteiger partial charge on any atom is 0.373 e. The van der Waals surface area contributed by atoms with Crippen LogP contribution < -0.4 is 0 Å². The second-order valence-electron chi connectivity index (χ2n) is 4.57. The molecule has 2 aromatic heterocycles. The van der Waals surface area contributed by atoms with Crippen molar-refractivity contribution in [3.8, 4) is 5.69 Å². The number of furan rings is 1. The van der Waals surface area contributed by atoms with Crippen LogP contribution in [-0.4, -0.2) is 22.9 Å². The molecule has 0 atom stereocenters. The monoisotopic (exact) mass is 382 g/mol. The average Bonchev–Trinajstić information content (AvgIpc) is 3.20. The zero-order valence-electron chi connectivity index (χ0n) is 12.4. The molecule has 3 rings (SSSR count). The maximum absolute atomic E-state index is 13.0. The van der Waals surface area contributed by atoms with Crippen molar-refractivity contribution in [2.45, 2.75) is 10.1 Å². The molecule has 9 heteroatoms. The van der Waals surface area contributed by atoms with Gasteiger partial charge in [-0.25, -0.2) is 13.9 Å². The number of carbonyl (C=O) groups excluding carboxylic acids is 1. The molecule has 0 unspecified atom stereocenters. The Morgan fingerprint density at radius 1 is 1.38 bits per heavy atom. The molecule has 0 saturated carbocycles. The molecule has 0 amide bonds. The Labute approximate surface area is 150 Å². The van der Waals surface area contributed by atoms with Gasteiger partial charge < -0.3 is 9.15 Å². The lowest BCUT2D eigenvalue weighted by molar-refractivity contribution is 0.0563. The number of nitrogens with zero attached hydrogens (tertiary/aromatic N) is 2. The summed E-state index contributed by atoms with van der Waals surface area (Å²) in [7, 11) is 1.30. The van der Waals surface area contributed by atoms with E-state index in [1.807, 2.05) is 0 Å². The molecule has 1 aromatic carbocycles. The quantitative estimate of drug-likeness (QED) is 0.369. The molecule has 3 aromatic rings. The molecular weight excluding hydrogens is 371 g/mol. The Morgan fingerprint density at radius 3 is 2.83 bits per heavy atom. The van der Waals surface area contributed by atoms with Gasteiger partial charge in [-0.15, -0.1) is 5.10 Å². The highest BCUT2D eigenvalue weighted by Gasteiger charge is 2.12. The van der Waals surface area contributed by atoms with Gasteiger partial charge in [0, 0.05) is 0 Å². The number of hydrogen-bond donors (Lipinski definition) is 0.